The highest BCUT2D eigenvalue weighted by molar-refractivity contribution is 5.81. The Morgan fingerprint density at radius 3 is 2.81 bits per heavy atom. The van der Waals surface area contributed by atoms with Crippen LogP contribution in [0.2, 0.25) is 0 Å². The molecule has 0 radical (unpaired) electrons. The summed E-state index contributed by atoms with van der Waals surface area (Å²) in [5.74, 6) is -0.781. The third-order valence-electron chi connectivity index (χ3n) is 2.39. The minimum absolute atomic E-state index is 0.216. The summed E-state index contributed by atoms with van der Waals surface area (Å²) >= 11 is 0. The van der Waals surface area contributed by atoms with Crippen molar-refractivity contribution in [3.63, 3.8) is 0 Å². The molecule has 0 aliphatic carbocycles. The number of nitrogens with two attached hydrogens (primary N) is 1. The molecule has 0 bridgehead atoms. The fraction of sp³-hybridized carbons (Fsp3) is 0.182. The molecule has 0 saturated heterocycles. The number of aromatic nitrogens is 1. The summed E-state index contributed by atoms with van der Waals surface area (Å²) in [6.45, 7) is 0.328. The first kappa shape index (κ1) is 10.6. The van der Waals surface area contributed by atoms with Gasteiger partial charge in [0.15, 0.2) is 0 Å². The van der Waals surface area contributed by atoms with Crippen LogP contribution < -0.4 is 11.3 Å². The van der Waals surface area contributed by atoms with Crippen molar-refractivity contribution in [2.75, 3.05) is 6.54 Å². The second kappa shape index (κ2) is 3.94. The van der Waals surface area contributed by atoms with E-state index in [1.54, 1.807) is 0 Å². The Bertz CT molecular complexity index is 592. The molecule has 2 rings (SSSR count). The minimum Gasteiger partial charge on any atom is -0.508 e. The third kappa shape index (κ3) is 1.77. The molecule has 84 valence electrons. The van der Waals surface area contributed by atoms with Crippen LogP contribution in [-0.2, 0) is 6.42 Å². The smallest absolute Gasteiger partial charge is 0.251 e. The van der Waals surface area contributed by atoms with E-state index in [4.69, 9.17) is 5.73 Å². The van der Waals surface area contributed by atoms with Gasteiger partial charge in [-0.25, -0.2) is 4.39 Å². The molecular formula is C11H11FN2O2. The predicted molar refractivity (Wildman–Crippen MR) is 58.9 cm³/mol. The summed E-state index contributed by atoms with van der Waals surface area (Å²) in [6.07, 6.45) is 0.394. The zero-order chi connectivity index (χ0) is 11.7. The van der Waals surface area contributed by atoms with Gasteiger partial charge < -0.3 is 15.8 Å². The largest absolute Gasteiger partial charge is 0.508 e. The summed E-state index contributed by atoms with van der Waals surface area (Å²) in [7, 11) is 0. The van der Waals surface area contributed by atoms with Gasteiger partial charge in [0.1, 0.15) is 11.6 Å². The van der Waals surface area contributed by atoms with Crippen LogP contribution in [0.25, 0.3) is 10.9 Å². The van der Waals surface area contributed by atoms with Gasteiger partial charge in [0.25, 0.3) is 5.56 Å². The standard InChI is InChI=1S/C11H11FN2O2/c12-9-4-7(15)5-10-8(9)3-6(1-2-13)11(16)14-10/h3-5,15H,1-2,13H2,(H,14,16). The van der Waals surface area contributed by atoms with Gasteiger partial charge in [-0.05, 0) is 19.0 Å². The van der Waals surface area contributed by atoms with Crippen molar-refractivity contribution in [2.24, 2.45) is 5.73 Å². The summed E-state index contributed by atoms with van der Waals surface area (Å²) in [4.78, 5) is 14.0. The molecule has 0 aliphatic rings. The van der Waals surface area contributed by atoms with Crippen molar-refractivity contribution >= 4 is 10.9 Å². The van der Waals surface area contributed by atoms with E-state index < -0.39 is 5.82 Å². The number of pyridine rings is 1. The van der Waals surface area contributed by atoms with E-state index in [1.807, 2.05) is 0 Å². The normalized spacial score (nSPS) is 10.9. The van der Waals surface area contributed by atoms with Crippen molar-refractivity contribution in [1.29, 1.82) is 0 Å². The first-order valence-corrected chi connectivity index (χ1v) is 4.86. The number of hydrogen-bond acceptors (Lipinski definition) is 3. The number of nitrogens with one attached hydrogen (secondary N) is 1. The first-order valence-electron chi connectivity index (χ1n) is 4.86. The Hall–Kier alpha value is -1.88. The van der Waals surface area contributed by atoms with Gasteiger partial charge in [0.2, 0.25) is 0 Å². The van der Waals surface area contributed by atoms with Crippen molar-refractivity contribution in [3.05, 3.63) is 39.9 Å². The maximum Gasteiger partial charge on any atom is 0.251 e. The number of H-pyrrole nitrogens is 1. The zero-order valence-corrected chi connectivity index (χ0v) is 8.46. The van der Waals surface area contributed by atoms with Gasteiger partial charge in [-0.2, -0.15) is 0 Å². The van der Waals surface area contributed by atoms with Crippen molar-refractivity contribution in [1.82, 2.24) is 4.98 Å². The number of hydrogen-bond donors (Lipinski definition) is 3. The van der Waals surface area contributed by atoms with E-state index in [9.17, 15) is 14.3 Å². The van der Waals surface area contributed by atoms with Gasteiger partial charge in [0.05, 0.1) is 5.52 Å². The topological polar surface area (TPSA) is 79.1 Å². The summed E-state index contributed by atoms with van der Waals surface area (Å²) < 4.78 is 13.5. The second-order valence-electron chi connectivity index (χ2n) is 3.55. The fourth-order valence-electron chi connectivity index (χ4n) is 1.64. The minimum atomic E-state index is -0.565. The van der Waals surface area contributed by atoms with Crippen molar-refractivity contribution in [3.8, 4) is 5.75 Å². The molecule has 5 heteroatoms. The fourth-order valence-corrected chi connectivity index (χ4v) is 1.64. The average Bonchev–Trinajstić information content (AvgIpc) is 2.20. The quantitative estimate of drug-likeness (QED) is 0.705. The maximum atomic E-state index is 13.5. The zero-order valence-electron chi connectivity index (χ0n) is 8.46. The number of rotatable bonds is 2. The Labute approximate surface area is 90.5 Å². The van der Waals surface area contributed by atoms with Gasteiger partial charge in [-0.15, -0.1) is 0 Å². The molecular weight excluding hydrogens is 211 g/mol. The maximum absolute atomic E-state index is 13.5. The first-order chi connectivity index (χ1) is 7.61. The van der Waals surface area contributed by atoms with Crippen LogP contribution in [0, 0.1) is 5.82 Å². The summed E-state index contributed by atoms with van der Waals surface area (Å²) in [5, 5.41) is 9.47. The average molecular weight is 222 g/mol. The number of fused-ring (bicyclic) bond motifs is 1. The Morgan fingerprint density at radius 2 is 2.12 bits per heavy atom. The monoisotopic (exact) mass is 222 g/mol. The number of aromatic amines is 1. The van der Waals surface area contributed by atoms with Crippen LogP contribution in [0.5, 0.6) is 5.75 Å². The molecule has 0 unspecified atom stereocenters. The lowest BCUT2D eigenvalue weighted by Crippen LogP contribution is -2.16. The molecule has 1 aromatic carbocycles. The molecule has 0 spiro atoms. The highest BCUT2D eigenvalue weighted by atomic mass is 19.1. The van der Waals surface area contributed by atoms with Crippen LogP contribution >= 0.6 is 0 Å². The Balaban J connectivity index is 2.74. The number of halogens is 1. The van der Waals surface area contributed by atoms with Crippen LogP contribution in [0.4, 0.5) is 4.39 Å². The van der Waals surface area contributed by atoms with Gasteiger partial charge in [-0.3, -0.25) is 4.79 Å². The lowest BCUT2D eigenvalue weighted by atomic mass is 10.1. The molecule has 1 heterocycles. The van der Waals surface area contributed by atoms with Crippen molar-refractivity contribution < 1.29 is 9.50 Å². The molecule has 0 aliphatic heterocycles. The number of aromatic hydroxyl groups is 1. The van der Waals surface area contributed by atoms with Crippen LogP contribution in [0.15, 0.2) is 23.0 Å². The predicted octanol–water partition coefficient (Wildman–Crippen LogP) is 0.874. The highest BCUT2D eigenvalue weighted by Gasteiger charge is 2.07. The van der Waals surface area contributed by atoms with E-state index >= 15 is 0 Å². The lowest BCUT2D eigenvalue weighted by molar-refractivity contribution is 0.470. The SMILES string of the molecule is NCCc1cc2c(F)cc(O)cc2[nH]c1=O. The van der Waals surface area contributed by atoms with Gasteiger partial charge in [-0.1, -0.05) is 0 Å². The molecule has 16 heavy (non-hydrogen) atoms. The van der Waals surface area contributed by atoms with E-state index in [0.29, 0.717) is 18.5 Å². The Morgan fingerprint density at radius 1 is 1.38 bits per heavy atom. The van der Waals surface area contributed by atoms with E-state index in [1.165, 1.54) is 12.1 Å². The molecule has 0 saturated carbocycles. The van der Waals surface area contributed by atoms with E-state index in [2.05, 4.69) is 4.98 Å². The molecule has 4 N–H and O–H groups in total. The molecule has 1 aromatic heterocycles. The van der Waals surface area contributed by atoms with Crippen LogP contribution in [-0.4, -0.2) is 16.6 Å². The number of phenols is 1. The molecule has 0 amide bonds. The number of benzene rings is 1. The highest BCUT2D eigenvalue weighted by Crippen LogP contribution is 2.21. The van der Waals surface area contributed by atoms with E-state index in [0.717, 1.165) is 6.07 Å². The van der Waals surface area contributed by atoms with Gasteiger partial charge in [0, 0.05) is 23.1 Å². The number of phenolic OH excluding ortho intramolecular Hbond substituents is 1. The summed E-state index contributed by atoms with van der Waals surface area (Å²) in [6, 6.07) is 3.79. The molecule has 0 fully saturated rings. The van der Waals surface area contributed by atoms with E-state index in [-0.39, 0.29) is 22.2 Å². The Kier molecular flexibility index (Phi) is 2.62. The molecule has 0 atom stereocenters. The summed E-state index contributed by atoms with van der Waals surface area (Å²) in [5.41, 5.74) is 5.77. The lowest BCUT2D eigenvalue weighted by Gasteiger charge is -2.03. The second-order valence-corrected chi connectivity index (χ2v) is 3.55. The van der Waals surface area contributed by atoms with Crippen molar-refractivity contribution in [2.45, 2.75) is 6.42 Å². The molecule has 4 nitrogen and oxygen atoms in total. The van der Waals surface area contributed by atoms with Crippen LogP contribution in [0.1, 0.15) is 5.56 Å². The van der Waals surface area contributed by atoms with Gasteiger partial charge >= 0.3 is 0 Å². The van der Waals surface area contributed by atoms with Crippen LogP contribution in [0.3, 0.4) is 0 Å². The third-order valence-corrected chi connectivity index (χ3v) is 2.39. The molecule has 2 aromatic rings.